The summed E-state index contributed by atoms with van der Waals surface area (Å²) in [6.07, 6.45) is 1.12. The van der Waals surface area contributed by atoms with Crippen molar-refractivity contribution in [2.75, 3.05) is 39.8 Å². The van der Waals surface area contributed by atoms with Gasteiger partial charge in [-0.25, -0.2) is 0 Å². The molecular weight excluding hydrogens is 192 g/mol. The van der Waals surface area contributed by atoms with Crippen molar-refractivity contribution in [3.63, 3.8) is 0 Å². The van der Waals surface area contributed by atoms with Crippen LogP contribution in [0.15, 0.2) is 0 Å². The third kappa shape index (κ3) is 5.14. The van der Waals surface area contributed by atoms with Gasteiger partial charge in [-0.2, -0.15) is 0 Å². The van der Waals surface area contributed by atoms with Gasteiger partial charge in [-0.3, -0.25) is 9.69 Å². The lowest BCUT2D eigenvalue weighted by molar-refractivity contribution is -0.148. The lowest BCUT2D eigenvalue weighted by atomic mass is 10.4. The first-order valence-electron chi connectivity index (χ1n) is 5.68. The van der Waals surface area contributed by atoms with Crippen molar-refractivity contribution in [3.8, 4) is 0 Å². The van der Waals surface area contributed by atoms with E-state index in [1.54, 1.807) is 0 Å². The van der Waals surface area contributed by atoms with Gasteiger partial charge in [0.25, 0.3) is 0 Å². The van der Waals surface area contributed by atoms with Crippen molar-refractivity contribution in [1.82, 2.24) is 9.80 Å². The van der Waals surface area contributed by atoms with Crippen LogP contribution < -0.4 is 0 Å². The zero-order chi connectivity index (χ0) is 11.3. The van der Waals surface area contributed by atoms with Crippen LogP contribution in [0, 0.1) is 0 Å². The van der Waals surface area contributed by atoms with Crippen LogP contribution in [0.2, 0.25) is 0 Å². The molecule has 0 bridgehead atoms. The van der Waals surface area contributed by atoms with Gasteiger partial charge < -0.3 is 9.64 Å². The summed E-state index contributed by atoms with van der Waals surface area (Å²) < 4.78 is 5.13. The second kappa shape index (κ2) is 6.08. The monoisotopic (exact) mass is 214 g/mol. The zero-order valence-electron chi connectivity index (χ0n) is 10.0. The van der Waals surface area contributed by atoms with E-state index in [1.165, 1.54) is 0 Å². The minimum Gasteiger partial charge on any atom is -0.462 e. The Bertz CT molecular complexity index is 207. The van der Waals surface area contributed by atoms with Crippen LogP contribution in [0.4, 0.5) is 0 Å². The van der Waals surface area contributed by atoms with E-state index >= 15 is 0 Å². The highest BCUT2D eigenvalue weighted by molar-refractivity contribution is 5.71. The van der Waals surface area contributed by atoms with Crippen molar-refractivity contribution in [3.05, 3.63) is 0 Å². The van der Waals surface area contributed by atoms with E-state index in [-0.39, 0.29) is 12.1 Å². The Morgan fingerprint density at radius 1 is 1.27 bits per heavy atom. The van der Waals surface area contributed by atoms with Crippen LogP contribution in [0.3, 0.4) is 0 Å². The Morgan fingerprint density at radius 3 is 2.67 bits per heavy atom. The van der Waals surface area contributed by atoms with Gasteiger partial charge in [0.2, 0.25) is 0 Å². The maximum Gasteiger partial charge on any atom is 0.320 e. The van der Waals surface area contributed by atoms with Crippen LogP contribution in [-0.4, -0.2) is 61.6 Å². The summed E-state index contributed by atoms with van der Waals surface area (Å²) >= 11 is 0. The molecule has 4 heteroatoms. The van der Waals surface area contributed by atoms with E-state index in [9.17, 15) is 4.79 Å². The number of nitrogens with zero attached hydrogens (tertiary/aromatic N) is 2. The molecule has 0 unspecified atom stereocenters. The lowest BCUT2D eigenvalue weighted by Gasteiger charge is -2.19. The fraction of sp³-hybridized carbons (Fsp3) is 0.909. The highest BCUT2D eigenvalue weighted by atomic mass is 16.5. The Morgan fingerprint density at radius 2 is 2.00 bits per heavy atom. The number of likely N-dealkylation sites (N-methyl/N-ethyl adjacent to an activating group) is 1. The minimum absolute atomic E-state index is 0.00727. The summed E-state index contributed by atoms with van der Waals surface area (Å²) in [4.78, 5) is 15.9. The molecule has 0 N–H and O–H groups in total. The predicted octanol–water partition coefficient (Wildman–Crippen LogP) is 0.576. The molecule has 0 saturated carbocycles. The summed E-state index contributed by atoms with van der Waals surface area (Å²) in [5, 5.41) is 0. The normalized spacial score (nSPS) is 20.3. The molecule has 0 atom stereocenters. The van der Waals surface area contributed by atoms with Crippen molar-refractivity contribution >= 4 is 5.97 Å². The first kappa shape index (κ1) is 12.5. The van der Waals surface area contributed by atoms with Gasteiger partial charge in [0.15, 0.2) is 0 Å². The van der Waals surface area contributed by atoms with E-state index in [0.29, 0.717) is 6.54 Å². The Hall–Kier alpha value is -0.610. The number of hydrogen-bond donors (Lipinski definition) is 0. The summed E-state index contributed by atoms with van der Waals surface area (Å²) in [6, 6.07) is 0. The molecule has 0 aromatic rings. The largest absolute Gasteiger partial charge is 0.462 e. The molecule has 0 spiro atoms. The molecule has 0 aliphatic carbocycles. The average Bonchev–Trinajstić information content (AvgIpc) is 2.29. The molecule has 1 heterocycles. The average molecular weight is 214 g/mol. The quantitative estimate of drug-likeness (QED) is 0.643. The van der Waals surface area contributed by atoms with Crippen molar-refractivity contribution in [2.24, 2.45) is 0 Å². The third-order valence-corrected chi connectivity index (χ3v) is 2.53. The topological polar surface area (TPSA) is 32.8 Å². The van der Waals surface area contributed by atoms with Gasteiger partial charge in [-0.15, -0.1) is 0 Å². The van der Waals surface area contributed by atoms with E-state index in [1.807, 2.05) is 13.8 Å². The molecule has 1 aliphatic rings. The van der Waals surface area contributed by atoms with Crippen LogP contribution in [0.5, 0.6) is 0 Å². The number of ether oxygens (including phenoxy) is 1. The van der Waals surface area contributed by atoms with Crippen molar-refractivity contribution in [1.29, 1.82) is 0 Å². The number of carbonyl (C=O) groups is 1. The fourth-order valence-electron chi connectivity index (χ4n) is 1.74. The predicted molar refractivity (Wildman–Crippen MR) is 59.8 cm³/mol. The van der Waals surface area contributed by atoms with Gasteiger partial charge in [0.1, 0.15) is 0 Å². The molecule has 0 aromatic carbocycles. The molecule has 4 nitrogen and oxygen atoms in total. The number of rotatable bonds is 3. The van der Waals surface area contributed by atoms with Gasteiger partial charge >= 0.3 is 5.97 Å². The molecule has 0 amide bonds. The molecule has 1 saturated heterocycles. The third-order valence-electron chi connectivity index (χ3n) is 2.53. The standard InChI is InChI=1S/C11H22N2O2/c1-10(2)15-11(14)9-13-6-4-5-12(3)7-8-13/h10H,4-9H2,1-3H3. The molecular formula is C11H22N2O2. The summed E-state index contributed by atoms with van der Waals surface area (Å²) in [5.41, 5.74) is 0. The highest BCUT2D eigenvalue weighted by Crippen LogP contribution is 2.01. The Balaban J connectivity index is 2.28. The molecule has 88 valence electrons. The first-order valence-corrected chi connectivity index (χ1v) is 5.68. The van der Waals surface area contributed by atoms with E-state index in [4.69, 9.17) is 4.74 Å². The minimum atomic E-state index is -0.102. The summed E-state index contributed by atoms with van der Waals surface area (Å²) in [5.74, 6) is -0.102. The van der Waals surface area contributed by atoms with Crippen LogP contribution in [0.1, 0.15) is 20.3 Å². The second-order valence-corrected chi connectivity index (χ2v) is 4.47. The maximum atomic E-state index is 11.4. The van der Waals surface area contributed by atoms with Crippen molar-refractivity contribution < 1.29 is 9.53 Å². The lowest BCUT2D eigenvalue weighted by Crippen LogP contribution is -2.34. The maximum absolute atomic E-state index is 11.4. The number of carbonyl (C=O) groups excluding carboxylic acids is 1. The summed E-state index contributed by atoms with van der Waals surface area (Å²) in [7, 11) is 2.12. The highest BCUT2D eigenvalue weighted by Gasteiger charge is 2.16. The molecule has 1 aliphatic heterocycles. The molecule has 1 fully saturated rings. The molecule has 0 aromatic heterocycles. The smallest absolute Gasteiger partial charge is 0.320 e. The SMILES string of the molecule is CC(C)OC(=O)CN1CCCN(C)CC1. The van der Waals surface area contributed by atoms with E-state index in [2.05, 4.69) is 16.8 Å². The Kier molecular flexibility index (Phi) is 5.05. The fourth-order valence-corrected chi connectivity index (χ4v) is 1.74. The van der Waals surface area contributed by atoms with Crippen LogP contribution in [0.25, 0.3) is 0 Å². The summed E-state index contributed by atoms with van der Waals surface area (Å²) in [6.45, 7) is 8.32. The first-order chi connectivity index (χ1) is 7.08. The zero-order valence-corrected chi connectivity index (χ0v) is 10.0. The Labute approximate surface area is 92.2 Å². The molecule has 15 heavy (non-hydrogen) atoms. The molecule has 1 rings (SSSR count). The van der Waals surface area contributed by atoms with Gasteiger partial charge in [-0.05, 0) is 33.9 Å². The number of esters is 1. The van der Waals surface area contributed by atoms with Gasteiger partial charge in [0.05, 0.1) is 12.6 Å². The van der Waals surface area contributed by atoms with Crippen molar-refractivity contribution in [2.45, 2.75) is 26.4 Å². The van der Waals surface area contributed by atoms with Crippen LogP contribution >= 0.6 is 0 Å². The van der Waals surface area contributed by atoms with Gasteiger partial charge in [-0.1, -0.05) is 0 Å². The van der Waals surface area contributed by atoms with E-state index < -0.39 is 0 Å². The second-order valence-electron chi connectivity index (χ2n) is 4.47. The van der Waals surface area contributed by atoms with Gasteiger partial charge in [0, 0.05) is 19.6 Å². The number of hydrogen-bond acceptors (Lipinski definition) is 4. The van der Waals surface area contributed by atoms with Crippen LogP contribution in [-0.2, 0) is 9.53 Å². The van der Waals surface area contributed by atoms with E-state index in [0.717, 1.165) is 32.6 Å². The molecule has 0 radical (unpaired) electrons.